The molecule has 27 heavy (non-hydrogen) atoms. The van der Waals surface area contributed by atoms with E-state index in [1.165, 1.54) is 18.3 Å². The molecule has 5 nitrogen and oxygen atoms in total. The lowest BCUT2D eigenvalue weighted by molar-refractivity contribution is 0.510. The van der Waals surface area contributed by atoms with Gasteiger partial charge in [-0.15, -0.1) is 0 Å². The van der Waals surface area contributed by atoms with Crippen molar-refractivity contribution >= 4 is 0 Å². The van der Waals surface area contributed by atoms with Crippen molar-refractivity contribution in [1.82, 2.24) is 20.2 Å². The first kappa shape index (κ1) is 15.6. The highest BCUT2D eigenvalue weighted by atomic mass is 19.2. The molecule has 0 radical (unpaired) electrons. The highest BCUT2D eigenvalue weighted by Crippen LogP contribution is 2.32. The molecule has 0 saturated carbocycles. The Morgan fingerprint density at radius 2 is 1.93 bits per heavy atom. The number of aromatic nitrogens is 4. The molecule has 3 heterocycles. The molecule has 132 valence electrons. The third-order valence-corrected chi connectivity index (χ3v) is 4.55. The molecule has 0 aromatic heterocycles. The van der Waals surface area contributed by atoms with Crippen LogP contribution in [0.2, 0.25) is 0 Å². The first-order chi connectivity index (χ1) is 13.2. The molecule has 4 aliphatic rings. The van der Waals surface area contributed by atoms with Crippen molar-refractivity contribution in [2.45, 2.75) is 6.42 Å². The van der Waals surface area contributed by atoms with E-state index in [9.17, 15) is 8.78 Å². The topological polar surface area (TPSA) is 67.6 Å². The van der Waals surface area contributed by atoms with E-state index in [0.29, 0.717) is 17.8 Å². The zero-order valence-electron chi connectivity index (χ0n) is 13.9. The van der Waals surface area contributed by atoms with Crippen LogP contribution >= 0.6 is 0 Å². The van der Waals surface area contributed by atoms with Crippen molar-refractivity contribution in [3.63, 3.8) is 0 Å². The summed E-state index contributed by atoms with van der Waals surface area (Å²) in [6.07, 6.45) is 5.38. The van der Waals surface area contributed by atoms with E-state index in [2.05, 4.69) is 20.2 Å². The van der Waals surface area contributed by atoms with Crippen molar-refractivity contribution in [2.24, 2.45) is 0 Å². The van der Waals surface area contributed by atoms with E-state index < -0.39 is 11.6 Å². The minimum Gasteiger partial charge on any atom is -0.472 e. The van der Waals surface area contributed by atoms with Crippen LogP contribution in [-0.2, 0) is 6.42 Å². The summed E-state index contributed by atoms with van der Waals surface area (Å²) in [7, 11) is 0. The molecule has 1 N–H and O–H groups in total. The van der Waals surface area contributed by atoms with Gasteiger partial charge in [-0.1, -0.05) is 18.2 Å². The maximum absolute atomic E-state index is 14.1. The summed E-state index contributed by atoms with van der Waals surface area (Å²) in [5.74, 6) is -1.76. The second-order valence-corrected chi connectivity index (χ2v) is 6.19. The summed E-state index contributed by atoms with van der Waals surface area (Å²) < 4.78 is 32.8. The molecular formula is C20H12F2N4O. The molecule has 0 fully saturated rings. The Hall–Kier alpha value is -3.61. The number of nitrogens with one attached hydrogen (secondary N) is 1. The molecule has 1 aliphatic carbocycles. The number of fused-ring (bicyclic) bond motifs is 2. The first-order valence-corrected chi connectivity index (χ1v) is 8.29. The smallest absolute Gasteiger partial charge is 0.169 e. The zero-order valence-corrected chi connectivity index (χ0v) is 13.9. The van der Waals surface area contributed by atoms with Gasteiger partial charge in [0.25, 0.3) is 0 Å². The largest absolute Gasteiger partial charge is 0.472 e. The summed E-state index contributed by atoms with van der Waals surface area (Å²) in [6.45, 7) is 0. The Labute approximate surface area is 152 Å². The second-order valence-electron chi connectivity index (χ2n) is 6.19. The number of H-pyrrole nitrogens is 1. The lowest BCUT2D eigenvalue weighted by atomic mass is 10.0. The second kappa shape index (κ2) is 5.98. The lowest BCUT2D eigenvalue weighted by Crippen LogP contribution is -1.99. The highest BCUT2D eigenvalue weighted by Gasteiger charge is 2.21. The van der Waals surface area contributed by atoms with Gasteiger partial charge in [-0.25, -0.2) is 18.7 Å². The summed E-state index contributed by atoms with van der Waals surface area (Å²) in [6, 6.07) is 9.85. The molecule has 5 rings (SSSR count). The van der Waals surface area contributed by atoms with E-state index >= 15 is 0 Å². The number of rotatable bonds is 3. The molecule has 0 spiro atoms. The number of benzene rings is 1. The molecule has 0 amide bonds. The number of imidazole rings is 1. The average Bonchev–Trinajstić information content (AvgIpc) is 3.29. The van der Waals surface area contributed by atoms with Crippen LogP contribution in [0.3, 0.4) is 0 Å². The van der Waals surface area contributed by atoms with Gasteiger partial charge < -0.3 is 4.42 Å². The fourth-order valence-corrected chi connectivity index (χ4v) is 3.24. The van der Waals surface area contributed by atoms with E-state index in [4.69, 9.17) is 4.42 Å². The minimum atomic E-state index is -0.961. The summed E-state index contributed by atoms with van der Waals surface area (Å²) in [5.41, 5.74) is 5.03. The molecule has 1 aromatic rings. The quantitative estimate of drug-likeness (QED) is 0.512. The molecule has 1 aromatic carbocycles. The first-order valence-electron chi connectivity index (χ1n) is 8.29. The van der Waals surface area contributed by atoms with Crippen LogP contribution in [-0.4, -0.2) is 20.2 Å². The summed E-state index contributed by atoms with van der Waals surface area (Å²) in [5, 5.41) is 7.07. The van der Waals surface area contributed by atoms with Crippen LogP contribution < -0.4 is 0 Å². The SMILES string of the molecule is Fc1cccc(-c2nc3cn[nH]c(Cc4ccc5coccc4-5)c-3n2)c1F. The standard InChI is InChI=1S/C20H12F2N4O/c21-15-3-1-2-14(18(15)22)20-24-17-9-23-26-16(19(17)25-20)8-11-4-5-12-10-27-7-6-13(11)12/h1-7,9-10,26H,8H2. The molecule has 0 unspecified atom stereocenters. The van der Waals surface area contributed by atoms with Crippen LogP contribution in [0.5, 0.6) is 0 Å². The highest BCUT2D eigenvalue weighted by molar-refractivity contribution is 5.72. The summed E-state index contributed by atoms with van der Waals surface area (Å²) >= 11 is 0. The van der Waals surface area contributed by atoms with Gasteiger partial charge in [0.2, 0.25) is 0 Å². The van der Waals surface area contributed by atoms with Gasteiger partial charge in [0.05, 0.1) is 30.0 Å². The average molecular weight is 362 g/mol. The third kappa shape index (κ3) is 2.55. The van der Waals surface area contributed by atoms with Gasteiger partial charge in [-0.2, -0.15) is 5.10 Å². The lowest BCUT2D eigenvalue weighted by Gasteiger charge is -2.06. The molecule has 0 atom stereocenters. The van der Waals surface area contributed by atoms with Crippen LogP contribution in [0.25, 0.3) is 33.9 Å². The molecule has 3 aliphatic heterocycles. The Morgan fingerprint density at radius 1 is 1.00 bits per heavy atom. The fourth-order valence-electron chi connectivity index (χ4n) is 3.24. The number of aromatic amines is 1. The van der Waals surface area contributed by atoms with E-state index in [1.54, 1.807) is 12.5 Å². The number of nitrogens with zero attached hydrogens (tertiary/aromatic N) is 3. The van der Waals surface area contributed by atoms with Gasteiger partial charge in [-0.3, -0.25) is 5.10 Å². The van der Waals surface area contributed by atoms with Gasteiger partial charge in [0.1, 0.15) is 11.4 Å². The van der Waals surface area contributed by atoms with Gasteiger partial charge >= 0.3 is 0 Å². The van der Waals surface area contributed by atoms with Crippen molar-refractivity contribution in [3.8, 4) is 33.9 Å². The third-order valence-electron chi connectivity index (χ3n) is 4.55. The maximum Gasteiger partial charge on any atom is 0.169 e. The Morgan fingerprint density at radius 3 is 2.85 bits per heavy atom. The van der Waals surface area contributed by atoms with Crippen molar-refractivity contribution in [1.29, 1.82) is 0 Å². The van der Waals surface area contributed by atoms with Crippen LogP contribution in [0, 0.1) is 11.6 Å². The minimum absolute atomic E-state index is 0.0255. The fraction of sp³-hybridized carbons (Fsp3) is 0.0500. The predicted molar refractivity (Wildman–Crippen MR) is 94.3 cm³/mol. The molecule has 0 bridgehead atoms. The van der Waals surface area contributed by atoms with E-state index in [1.807, 2.05) is 18.2 Å². The van der Waals surface area contributed by atoms with E-state index in [0.717, 1.165) is 28.5 Å². The zero-order chi connectivity index (χ0) is 18.4. The number of halogens is 2. The van der Waals surface area contributed by atoms with Crippen molar-refractivity contribution in [3.05, 3.63) is 78.0 Å². The molecular weight excluding hydrogens is 350 g/mol. The number of hydrogen-bond acceptors (Lipinski definition) is 4. The van der Waals surface area contributed by atoms with Gasteiger partial charge in [-0.05, 0) is 29.3 Å². The van der Waals surface area contributed by atoms with Crippen LogP contribution in [0.1, 0.15) is 11.3 Å². The Balaban J connectivity index is 1.59. The van der Waals surface area contributed by atoms with E-state index in [-0.39, 0.29) is 11.4 Å². The molecule has 7 heteroatoms. The van der Waals surface area contributed by atoms with Crippen molar-refractivity contribution in [2.75, 3.05) is 0 Å². The Bertz CT molecular complexity index is 1200. The van der Waals surface area contributed by atoms with Gasteiger partial charge in [0.15, 0.2) is 17.5 Å². The summed E-state index contributed by atoms with van der Waals surface area (Å²) in [4.78, 5) is 8.76. The maximum atomic E-state index is 14.1. The Kier molecular flexibility index (Phi) is 3.46. The predicted octanol–water partition coefficient (Wildman–Crippen LogP) is 4.54. The van der Waals surface area contributed by atoms with Crippen molar-refractivity contribution < 1.29 is 13.2 Å². The van der Waals surface area contributed by atoms with Crippen LogP contribution in [0.15, 0.2) is 59.5 Å². The van der Waals surface area contributed by atoms with Crippen LogP contribution in [0.4, 0.5) is 8.78 Å². The monoisotopic (exact) mass is 362 g/mol. The normalized spacial score (nSPS) is 11.5. The van der Waals surface area contributed by atoms with Gasteiger partial charge in [0, 0.05) is 12.0 Å². The number of hydrogen-bond donors (Lipinski definition) is 1. The molecule has 0 saturated heterocycles.